The normalized spacial score (nSPS) is 12.1. The Bertz CT molecular complexity index is 338. The second kappa shape index (κ2) is 5.36. The minimum atomic E-state index is -0.785. The molecule has 0 fully saturated rings. The summed E-state index contributed by atoms with van der Waals surface area (Å²) in [6.07, 6.45) is -0.389. The van der Waals surface area contributed by atoms with E-state index < -0.39 is 6.10 Å². The summed E-state index contributed by atoms with van der Waals surface area (Å²) in [6.45, 7) is 1.91. The van der Waals surface area contributed by atoms with Crippen LogP contribution in [0.25, 0.3) is 0 Å². The van der Waals surface area contributed by atoms with Gasteiger partial charge in [0.05, 0.1) is 6.10 Å². The first-order chi connectivity index (χ1) is 7.13. The highest BCUT2D eigenvalue weighted by molar-refractivity contribution is 5.75. The van der Waals surface area contributed by atoms with Gasteiger partial charge in [0.1, 0.15) is 5.75 Å². The molecule has 0 aromatic heterocycles. The molecule has 82 valence electrons. The maximum Gasteiger partial charge on any atom is 0.219 e. The van der Waals surface area contributed by atoms with E-state index >= 15 is 0 Å². The molecule has 15 heavy (non-hydrogen) atoms. The zero-order valence-corrected chi connectivity index (χ0v) is 8.60. The number of aliphatic hydroxyl groups excluding tert-OH is 1. The SMILES string of the molecule is CCC(=O)NCC(O)c1cccc(O)c1. The van der Waals surface area contributed by atoms with Crippen molar-refractivity contribution in [2.24, 2.45) is 0 Å². The van der Waals surface area contributed by atoms with Crippen LogP contribution in [-0.4, -0.2) is 22.7 Å². The molecule has 1 rings (SSSR count). The fourth-order valence-electron chi connectivity index (χ4n) is 1.19. The van der Waals surface area contributed by atoms with Crippen molar-refractivity contribution >= 4 is 5.91 Å². The smallest absolute Gasteiger partial charge is 0.219 e. The number of phenolic OH excluding ortho intramolecular Hbond substituents is 1. The average Bonchev–Trinajstić information content (AvgIpc) is 2.25. The number of benzene rings is 1. The Morgan fingerprint density at radius 1 is 1.53 bits per heavy atom. The number of carbonyl (C=O) groups excluding carboxylic acids is 1. The molecule has 1 amide bonds. The van der Waals surface area contributed by atoms with E-state index in [0.717, 1.165) is 0 Å². The number of aliphatic hydroxyl groups is 1. The van der Waals surface area contributed by atoms with Gasteiger partial charge in [-0.2, -0.15) is 0 Å². The molecule has 0 aliphatic carbocycles. The van der Waals surface area contributed by atoms with Crippen LogP contribution in [0.5, 0.6) is 5.75 Å². The first kappa shape index (κ1) is 11.5. The molecule has 0 aliphatic heterocycles. The van der Waals surface area contributed by atoms with Crippen LogP contribution in [0.1, 0.15) is 25.0 Å². The van der Waals surface area contributed by atoms with Crippen molar-refractivity contribution in [1.29, 1.82) is 0 Å². The molecule has 1 unspecified atom stereocenters. The monoisotopic (exact) mass is 209 g/mol. The van der Waals surface area contributed by atoms with Gasteiger partial charge >= 0.3 is 0 Å². The second-order valence-corrected chi connectivity index (χ2v) is 3.27. The summed E-state index contributed by atoms with van der Waals surface area (Å²) in [5.74, 6) is 0.00238. The molecule has 4 heteroatoms. The fourth-order valence-corrected chi connectivity index (χ4v) is 1.19. The minimum absolute atomic E-state index is 0.103. The molecule has 1 aromatic carbocycles. The quantitative estimate of drug-likeness (QED) is 0.691. The molecular formula is C11H15NO3. The van der Waals surface area contributed by atoms with Crippen molar-refractivity contribution in [2.75, 3.05) is 6.54 Å². The van der Waals surface area contributed by atoms with Crippen LogP contribution < -0.4 is 5.32 Å². The Balaban J connectivity index is 2.53. The number of nitrogens with one attached hydrogen (secondary N) is 1. The van der Waals surface area contributed by atoms with Crippen LogP contribution in [0.3, 0.4) is 0 Å². The van der Waals surface area contributed by atoms with Crippen molar-refractivity contribution in [3.8, 4) is 5.75 Å². The summed E-state index contributed by atoms with van der Waals surface area (Å²) in [7, 11) is 0. The number of hydrogen-bond donors (Lipinski definition) is 3. The third-order valence-corrected chi connectivity index (χ3v) is 2.07. The van der Waals surface area contributed by atoms with E-state index in [1.165, 1.54) is 12.1 Å². The van der Waals surface area contributed by atoms with Gasteiger partial charge in [-0.1, -0.05) is 19.1 Å². The third-order valence-electron chi connectivity index (χ3n) is 2.07. The highest BCUT2D eigenvalue weighted by Crippen LogP contribution is 2.17. The van der Waals surface area contributed by atoms with Crippen LogP contribution in [0.15, 0.2) is 24.3 Å². The van der Waals surface area contributed by atoms with Crippen LogP contribution in [0.4, 0.5) is 0 Å². The zero-order chi connectivity index (χ0) is 11.3. The molecule has 0 saturated heterocycles. The molecule has 0 saturated carbocycles. The Labute approximate surface area is 88.6 Å². The van der Waals surface area contributed by atoms with Gasteiger partial charge in [-0.3, -0.25) is 4.79 Å². The lowest BCUT2D eigenvalue weighted by Gasteiger charge is -2.11. The lowest BCUT2D eigenvalue weighted by atomic mass is 10.1. The topological polar surface area (TPSA) is 69.6 Å². The molecule has 0 heterocycles. The fraction of sp³-hybridized carbons (Fsp3) is 0.364. The van der Waals surface area contributed by atoms with Gasteiger partial charge in [-0.05, 0) is 17.7 Å². The molecule has 0 aliphatic rings. The summed E-state index contributed by atoms with van der Waals surface area (Å²) in [5, 5.41) is 21.4. The van der Waals surface area contributed by atoms with E-state index in [1.54, 1.807) is 19.1 Å². The Morgan fingerprint density at radius 3 is 2.87 bits per heavy atom. The molecule has 1 atom stereocenters. The number of amides is 1. The summed E-state index contributed by atoms with van der Waals surface area (Å²) < 4.78 is 0. The molecule has 0 bridgehead atoms. The first-order valence-electron chi connectivity index (χ1n) is 4.87. The number of carbonyl (C=O) groups is 1. The Morgan fingerprint density at radius 2 is 2.27 bits per heavy atom. The van der Waals surface area contributed by atoms with Gasteiger partial charge in [0, 0.05) is 13.0 Å². The van der Waals surface area contributed by atoms with E-state index in [2.05, 4.69) is 5.32 Å². The van der Waals surface area contributed by atoms with Crippen LogP contribution >= 0.6 is 0 Å². The van der Waals surface area contributed by atoms with Gasteiger partial charge in [-0.15, -0.1) is 0 Å². The van der Waals surface area contributed by atoms with E-state index in [9.17, 15) is 15.0 Å². The van der Waals surface area contributed by atoms with Gasteiger partial charge < -0.3 is 15.5 Å². The predicted octanol–water partition coefficient (Wildman–Crippen LogP) is 0.952. The predicted molar refractivity (Wildman–Crippen MR) is 56.4 cm³/mol. The molecule has 0 spiro atoms. The second-order valence-electron chi connectivity index (χ2n) is 3.27. The molecular weight excluding hydrogens is 194 g/mol. The van der Waals surface area contributed by atoms with E-state index in [0.29, 0.717) is 12.0 Å². The van der Waals surface area contributed by atoms with Gasteiger partial charge in [0.15, 0.2) is 0 Å². The maximum absolute atomic E-state index is 10.9. The standard InChI is InChI=1S/C11H15NO3/c1-2-11(15)12-7-10(14)8-4-3-5-9(13)6-8/h3-6,10,13-14H,2,7H2,1H3,(H,12,15). The number of aromatic hydroxyl groups is 1. The molecule has 3 N–H and O–H groups in total. The lowest BCUT2D eigenvalue weighted by Crippen LogP contribution is -2.27. The Kier molecular flexibility index (Phi) is 4.12. The van der Waals surface area contributed by atoms with Gasteiger partial charge in [-0.25, -0.2) is 0 Å². The van der Waals surface area contributed by atoms with Crippen molar-refractivity contribution in [2.45, 2.75) is 19.4 Å². The zero-order valence-electron chi connectivity index (χ0n) is 8.60. The van der Waals surface area contributed by atoms with Gasteiger partial charge in [0.2, 0.25) is 5.91 Å². The number of hydrogen-bond acceptors (Lipinski definition) is 3. The van der Waals surface area contributed by atoms with E-state index in [-0.39, 0.29) is 18.2 Å². The average molecular weight is 209 g/mol. The van der Waals surface area contributed by atoms with Crippen LogP contribution in [-0.2, 0) is 4.79 Å². The third kappa shape index (κ3) is 3.59. The van der Waals surface area contributed by atoms with Gasteiger partial charge in [0.25, 0.3) is 0 Å². The van der Waals surface area contributed by atoms with Crippen molar-refractivity contribution < 1.29 is 15.0 Å². The summed E-state index contributed by atoms with van der Waals surface area (Å²) >= 11 is 0. The van der Waals surface area contributed by atoms with Crippen molar-refractivity contribution in [1.82, 2.24) is 5.32 Å². The Hall–Kier alpha value is -1.55. The summed E-state index contributed by atoms with van der Waals surface area (Å²) in [5.41, 5.74) is 0.589. The van der Waals surface area contributed by atoms with Crippen molar-refractivity contribution in [3.05, 3.63) is 29.8 Å². The van der Waals surface area contributed by atoms with Crippen LogP contribution in [0, 0.1) is 0 Å². The van der Waals surface area contributed by atoms with E-state index in [1.807, 2.05) is 0 Å². The highest BCUT2D eigenvalue weighted by atomic mass is 16.3. The maximum atomic E-state index is 10.9. The molecule has 1 aromatic rings. The minimum Gasteiger partial charge on any atom is -0.508 e. The molecule has 4 nitrogen and oxygen atoms in total. The van der Waals surface area contributed by atoms with E-state index in [4.69, 9.17) is 0 Å². The first-order valence-corrected chi connectivity index (χ1v) is 4.87. The highest BCUT2D eigenvalue weighted by Gasteiger charge is 2.08. The summed E-state index contributed by atoms with van der Waals surface area (Å²) in [4.78, 5) is 10.9. The number of phenols is 1. The summed E-state index contributed by atoms with van der Waals surface area (Å²) in [6, 6.07) is 6.35. The van der Waals surface area contributed by atoms with Crippen molar-refractivity contribution in [3.63, 3.8) is 0 Å². The lowest BCUT2D eigenvalue weighted by molar-refractivity contribution is -0.121. The molecule has 0 radical (unpaired) electrons. The largest absolute Gasteiger partial charge is 0.508 e. The number of rotatable bonds is 4. The van der Waals surface area contributed by atoms with Crippen LogP contribution in [0.2, 0.25) is 0 Å².